The van der Waals surface area contributed by atoms with Crippen LogP contribution in [0.4, 0.5) is 4.39 Å². The van der Waals surface area contributed by atoms with Gasteiger partial charge in [0.1, 0.15) is 5.82 Å². The van der Waals surface area contributed by atoms with Gasteiger partial charge in [0.05, 0.1) is 12.0 Å². The van der Waals surface area contributed by atoms with Gasteiger partial charge in [0.25, 0.3) is 0 Å². The van der Waals surface area contributed by atoms with Crippen molar-refractivity contribution in [3.63, 3.8) is 0 Å². The molecular weight excluding hydrogens is 283 g/mol. The zero-order chi connectivity index (χ0) is 15.7. The summed E-state index contributed by atoms with van der Waals surface area (Å²) in [6.45, 7) is 3.78. The van der Waals surface area contributed by atoms with E-state index >= 15 is 0 Å². The molecule has 2 aliphatic heterocycles. The third-order valence-electron chi connectivity index (χ3n) is 4.71. The Morgan fingerprint density at radius 1 is 1.41 bits per heavy atom. The first-order chi connectivity index (χ1) is 10.6. The van der Waals surface area contributed by atoms with E-state index in [0.29, 0.717) is 26.1 Å². The van der Waals surface area contributed by atoms with Crippen LogP contribution in [0.3, 0.4) is 0 Å². The van der Waals surface area contributed by atoms with Crippen molar-refractivity contribution in [1.29, 1.82) is 0 Å². The molecule has 2 fully saturated rings. The van der Waals surface area contributed by atoms with Gasteiger partial charge >= 0.3 is 0 Å². The number of amides is 2. The first-order valence-corrected chi connectivity index (χ1v) is 7.94. The standard InChI is InChI=1S/C17H21FN2O2/c1-2-19-11-13(10-16(19)21)17(22)20-8-4-7-15(20)12-5-3-6-14(18)9-12/h3,5-6,9,13,15H,2,4,7-8,10-11H2,1H3. The van der Waals surface area contributed by atoms with Gasteiger partial charge in [-0.3, -0.25) is 9.59 Å². The van der Waals surface area contributed by atoms with Crippen LogP contribution in [0.5, 0.6) is 0 Å². The minimum absolute atomic E-state index is 0.0380. The zero-order valence-corrected chi connectivity index (χ0v) is 12.8. The first-order valence-electron chi connectivity index (χ1n) is 7.94. The largest absolute Gasteiger partial charge is 0.342 e. The highest BCUT2D eigenvalue weighted by Crippen LogP contribution is 2.34. The van der Waals surface area contributed by atoms with Crippen LogP contribution in [0, 0.1) is 11.7 Å². The summed E-state index contributed by atoms with van der Waals surface area (Å²) < 4.78 is 13.4. The minimum Gasteiger partial charge on any atom is -0.342 e. The van der Waals surface area contributed by atoms with Gasteiger partial charge in [0.2, 0.25) is 11.8 Å². The molecule has 0 spiro atoms. The Morgan fingerprint density at radius 3 is 2.91 bits per heavy atom. The molecule has 0 N–H and O–H groups in total. The van der Waals surface area contributed by atoms with E-state index in [1.807, 2.05) is 17.9 Å². The summed E-state index contributed by atoms with van der Waals surface area (Å²) >= 11 is 0. The molecule has 2 saturated heterocycles. The molecule has 4 nitrogen and oxygen atoms in total. The normalized spacial score (nSPS) is 25.1. The SMILES string of the molecule is CCN1CC(C(=O)N2CCCC2c2cccc(F)c2)CC1=O. The van der Waals surface area contributed by atoms with Crippen molar-refractivity contribution in [1.82, 2.24) is 9.80 Å². The second-order valence-corrected chi connectivity index (χ2v) is 6.08. The lowest BCUT2D eigenvalue weighted by Gasteiger charge is -2.27. The van der Waals surface area contributed by atoms with Crippen LogP contribution < -0.4 is 0 Å². The number of nitrogens with zero attached hydrogens (tertiary/aromatic N) is 2. The summed E-state index contributed by atoms with van der Waals surface area (Å²) in [6, 6.07) is 6.42. The van der Waals surface area contributed by atoms with Crippen molar-refractivity contribution in [2.45, 2.75) is 32.2 Å². The third kappa shape index (κ3) is 2.72. The van der Waals surface area contributed by atoms with Gasteiger partial charge in [-0.1, -0.05) is 12.1 Å². The van der Waals surface area contributed by atoms with E-state index in [1.165, 1.54) is 12.1 Å². The average molecular weight is 304 g/mol. The van der Waals surface area contributed by atoms with Crippen molar-refractivity contribution in [3.05, 3.63) is 35.6 Å². The highest BCUT2D eigenvalue weighted by atomic mass is 19.1. The molecule has 2 unspecified atom stereocenters. The van der Waals surface area contributed by atoms with Crippen molar-refractivity contribution in [2.24, 2.45) is 5.92 Å². The lowest BCUT2D eigenvalue weighted by molar-refractivity contribution is -0.136. The van der Waals surface area contributed by atoms with Crippen molar-refractivity contribution in [2.75, 3.05) is 19.6 Å². The third-order valence-corrected chi connectivity index (χ3v) is 4.71. The van der Waals surface area contributed by atoms with Gasteiger partial charge < -0.3 is 9.80 Å². The molecule has 0 bridgehead atoms. The van der Waals surface area contributed by atoms with E-state index in [1.54, 1.807) is 11.0 Å². The van der Waals surface area contributed by atoms with Crippen molar-refractivity contribution in [3.8, 4) is 0 Å². The van der Waals surface area contributed by atoms with E-state index in [2.05, 4.69) is 0 Å². The molecule has 0 radical (unpaired) electrons. The lowest BCUT2D eigenvalue weighted by atomic mass is 10.0. The summed E-state index contributed by atoms with van der Waals surface area (Å²) in [5.41, 5.74) is 0.850. The molecule has 2 atom stereocenters. The molecule has 5 heteroatoms. The fraction of sp³-hybridized carbons (Fsp3) is 0.529. The smallest absolute Gasteiger partial charge is 0.228 e. The fourth-order valence-corrected chi connectivity index (χ4v) is 3.57. The molecule has 0 aromatic heterocycles. The van der Waals surface area contributed by atoms with Gasteiger partial charge in [0.15, 0.2) is 0 Å². The lowest BCUT2D eigenvalue weighted by Crippen LogP contribution is -2.37. The molecule has 118 valence electrons. The van der Waals surface area contributed by atoms with Gasteiger partial charge in [-0.2, -0.15) is 0 Å². The van der Waals surface area contributed by atoms with E-state index < -0.39 is 0 Å². The number of benzene rings is 1. The fourth-order valence-electron chi connectivity index (χ4n) is 3.57. The van der Waals surface area contributed by atoms with Crippen molar-refractivity contribution >= 4 is 11.8 Å². The van der Waals surface area contributed by atoms with Gasteiger partial charge in [-0.15, -0.1) is 0 Å². The maximum atomic E-state index is 13.4. The molecule has 0 saturated carbocycles. The van der Waals surface area contributed by atoms with E-state index in [4.69, 9.17) is 0 Å². The second-order valence-electron chi connectivity index (χ2n) is 6.08. The van der Waals surface area contributed by atoms with E-state index in [0.717, 1.165) is 18.4 Å². The highest BCUT2D eigenvalue weighted by molar-refractivity contribution is 5.89. The molecule has 2 aliphatic rings. The molecule has 1 aromatic carbocycles. The Hall–Kier alpha value is -1.91. The zero-order valence-electron chi connectivity index (χ0n) is 12.8. The molecule has 2 amide bonds. The predicted octanol–water partition coefficient (Wildman–Crippen LogP) is 2.36. The monoisotopic (exact) mass is 304 g/mol. The Morgan fingerprint density at radius 2 is 2.23 bits per heavy atom. The average Bonchev–Trinajstić information content (AvgIpc) is 3.13. The van der Waals surface area contributed by atoms with Gasteiger partial charge in [0, 0.05) is 26.1 Å². The number of likely N-dealkylation sites (tertiary alicyclic amines) is 2. The van der Waals surface area contributed by atoms with Crippen LogP contribution in [0.1, 0.15) is 37.8 Å². The Balaban J connectivity index is 1.76. The van der Waals surface area contributed by atoms with Crippen LogP contribution in [0.15, 0.2) is 24.3 Å². The van der Waals surface area contributed by atoms with Crippen LogP contribution in [0.25, 0.3) is 0 Å². The quantitative estimate of drug-likeness (QED) is 0.860. The van der Waals surface area contributed by atoms with Crippen LogP contribution in [-0.2, 0) is 9.59 Å². The Labute approximate surface area is 129 Å². The second kappa shape index (κ2) is 6.07. The highest BCUT2D eigenvalue weighted by Gasteiger charge is 2.39. The number of halogens is 1. The number of hydrogen-bond donors (Lipinski definition) is 0. The molecule has 22 heavy (non-hydrogen) atoms. The van der Waals surface area contributed by atoms with E-state index in [-0.39, 0.29) is 29.6 Å². The van der Waals surface area contributed by atoms with Gasteiger partial charge in [-0.05, 0) is 37.5 Å². The summed E-state index contributed by atoms with van der Waals surface area (Å²) in [5, 5.41) is 0. The molecule has 1 aromatic rings. The van der Waals surface area contributed by atoms with E-state index in [9.17, 15) is 14.0 Å². The Bertz CT molecular complexity index is 590. The van der Waals surface area contributed by atoms with Crippen molar-refractivity contribution < 1.29 is 14.0 Å². The van der Waals surface area contributed by atoms with Gasteiger partial charge in [-0.25, -0.2) is 4.39 Å². The summed E-state index contributed by atoms with van der Waals surface area (Å²) in [7, 11) is 0. The van der Waals surface area contributed by atoms with Crippen LogP contribution in [-0.4, -0.2) is 41.2 Å². The topological polar surface area (TPSA) is 40.6 Å². The molecular formula is C17H21FN2O2. The minimum atomic E-state index is -0.273. The Kier molecular flexibility index (Phi) is 4.14. The molecule has 2 heterocycles. The predicted molar refractivity (Wildman–Crippen MR) is 80.4 cm³/mol. The maximum absolute atomic E-state index is 13.4. The van der Waals surface area contributed by atoms with Crippen LogP contribution >= 0.6 is 0 Å². The van der Waals surface area contributed by atoms with Crippen LogP contribution in [0.2, 0.25) is 0 Å². The number of carbonyl (C=O) groups excluding carboxylic acids is 2. The first kappa shape index (κ1) is 15.0. The summed E-state index contributed by atoms with van der Waals surface area (Å²) in [4.78, 5) is 28.2. The summed E-state index contributed by atoms with van der Waals surface area (Å²) in [5.74, 6) is -0.426. The summed E-state index contributed by atoms with van der Waals surface area (Å²) in [6.07, 6.45) is 2.08. The number of rotatable bonds is 3. The molecule has 0 aliphatic carbocycles. The number of hydrogen-bond acceptors (Lipinski definition) is 2. The number of carbonyl (C=O) groups is 2. The molecule has 3 rings (SSSR count). The maximum Gasteiger partial charge on any atom is 0.228 e.